The first-order chi connectivity index (χ1) is 16.3. The fourth-order valence-corrected chi connectivity index (χ4v) is 4.79. The molecular formula is C23H28N4O7. The molecule has 2 aliphatic rings. The van der Waals surface area contributed by atoms with Crippen LogP contribution in [0, 0.1) is 0 Å². The summed E-state index contributed by atoms with van der Waals surface area (Å²) in [5, 5.41) is 26.8. The van der Waals surface area contributed by atoms with Gasteiger partial charge in [0.25, 0.3) is 5.56 Å². The van der Waals surface area contributed by atoms with Gasteiger partial charge in [-0.3, -0.25) is 19.1 Å². The molecule has 0 spiro atoms. The van der Waals surface area contributed by atoms with Crippen molar-refractivity contribution in [1.29, 1.82) is 0 Å². The molecule has 1 atom stereocenters. The number of aromatic hydroxyl groups is 2. The molecule has 0 saturated heterocycles. The van der Waals surface area contributed by atoms with Crippen molar-refractivity contribution in [2.24, 2.45) is 5.10 Å². The molecule has 1 aliphatic carbocycles. The number of carbonyl (C=O) groups excluding carboxylic acids is 1. The molecule has 1 unspecified atom stereocenters. The molecule has 1 fully saturated rings. The van der Waals surface area contributed by atoms with E-state index in [1.165, 1.54) is 30.7 Å². The summed E-state index contributed by atoms with van der Waals surface area (Å²) in [7, 11) is 2.79. The number of aromatic nitrogens is 2. The average molecular weight is 472 g/mol. The van der Waals surface area contributed by atoms with Crippen molar-refractivity contribution in [1.82, 2.24) is 14.6 Å². The molecule has 2 aromatic rings. The summed E-state index contributed by atoms with van der Waals surface area (Å²) in [4.78, 5) is 40.0. The van der Waals surface area contributed by atoms with Gasteiger partial charge in [0.05, 0.1) is 26.0 Å². The maximum atomic E-state index is 12.8. The average Bonchev–Trinajstić information content (AvgIpc) is 3.25. The van der Waals surface area contributed by atoms with Crippen LogP contribution in [-0.2, 0) is 4.79 Å². The van der Waals surface area contributed by atoms with Crippen LogP contribution in [0.3, 0.4) is 0 Å². The van der Waals surface area contributed by atoms with E-state index in [-0.39, 0.29) is 46.9 Å². The SMILES string of the molecule is COc1cc(C2CC(c3c(O)n(C4CCCCC4)c(=O)[nH]c3=O)=NN2C(C)=O)cc(OC)c1O. The number of rotatable bonds is 5. The standard InChI is InChI=1S/C23H28N4O7/c1-12(28)27-16(13-9-17(33-2)20(29)18(10-13)34-3)11-15(25-27)19-21(30)24-23(32)26(22(19)31)14-7-5-4-6-8-14/h9-10,14,16,29,31H,4-8,11H2,1-3H3,(H,24,30,32). The van der Waals surface area contributed by atoms with E-state index in [4.69, 9.17) is 9.47 Å². The molecule has 1 aliphatic heterocycles. The van der Waals surface area contributed by atoms with Gasteiger partial charge in [-0.2, -0.15) is 5.10 Å². The summed E-state index contributed by atoms with van der Waals surface area (Å²) in [6, 6.07) is 2.25. The van der Waals surface area contributed by atoms with Crippen LogP contribution in [0.15, 0.2) is 26.8 Å². The second kappa shape index (κ2) is 9.24. The third kappa shape index (κ3) is 4.02. The van der Waals surface area contributed by atoms with E-state index >= 15 is 0 Å². The summed E-state index contributed by atoms with van der Waals surface area (Å²) in [5.74, 6) is -0.710. The van der Waals surface area contributed by atoms with Crippen LogP contribution in [-0.4, -0.2) is 50.6 Å². The highest BCUT2D eigenvalue weighted by Gasteiger charge is 2.36. The molecule has 182 valence electrons. The van der Waals surface area contributed by atoms with Crippen molar-refractivity contribution in [3.63, 3.8) is 0 Å². The number of H-pyrrole nitrogens is 1. The van der Waals surface area contributed by atoms with E-state index in [0.717, 1.165) is 32.1 Å². The number of amides is 1. The number of phenolic OH excluding ortho intramolecular Hbond substituents is 1. The van der Waals surface area contributed by atoms with Gasteiger partial charge < -0.3 is 19.7 Å². The van der Waals surface area contributed by atoms with E-state index < -0.39 is 23.2 Å². The van der Waals surface area contributed by atoms with Gasteiger partial charge in [0.15, 0.2) is 11.5 Å². The third-order valence-electron chi connectivity index (χ3n) is 6.47. The maximum Gasteiger partial charge on any atom is 0.331 e. The van der Waals surface area contributed by atoms with Crippen molar-refractivity contribution in [3.05, 3.63) is 44.1 Å². The topological polar surface area (TPSA) is 146 Å². The predicted molar refractivity (Wildman–Crippen MR) is 123 cm³/mol. The molecule has 1 aromatic carbocycles. The Morgan fingerprint density at radius 1 is 1.09 bits per heavy atom. The van der Waals surface area contributed by atoms with E-state index in [1.807, 2.05) is 0 Å². The Morgan fingerprint density at radius 2 is 1.71 bits per heavy atom. The molecule has 2 heterocycles. The van der Waals surface area contributed by atoms with Gasteiger partial charge in [0, 0.05) is 19.4 Å². The Bertz CT molecular complexity index is 1230. The number of nitrogens with one attached hydrogen (secondary N) is 1. The first-order valence-electron chi connectivity index (χ1n) is 11.2. The van der Waals surface area contributed by atoms with Crippen LogP contribution < -0.4 is 20.7 Å². The van der Waals surface area contributed by atoms with Crippen molar-refractivity contribution < 1.29 is 24.5 Å². The molecule has 11 heteroatoms. The molecule has 3 N–H and O–H groups in total. The van der Waals surface area contributed by atoms with Crippen molar-refractivity contribution in [2.45, 2.75) is 57.5 Å². The fraction of sp³-hybridized carbons (Fsp3) is 0.478. The zero-order valence-corrected chi connectivity index (χ0v) is 19.3. The molecule has 1 amide bonds. The minimum Gasteiger partial charge on any atom is -0.502 e. The van der Waals surface area contributed by atoms with E-state index in [0.29, 0.717) is 5.56 Å². The number of ether oxygens (including phenoxy) is 2. The molecule has 4 rings (SSSR count). The zero-order valence-electron chi connectivity index (χ0n) is 19.3. The van der Waals surface area contributed by atoms with Crippen LogP contribution in [0.5, 0.6) is 23.1 Å². The number of benzene rings is 1. The van der Waals surface area contributed by atoms with Gasteiger partial charge in [-0.1, -0.05) is 19.3 Å². The van der Waals surface area contributed by atoms with E-state index in [9.17, 15) is 24.6 Å². The Labute approximate surface area is 195 Å². The summed E-state index contributed by atoms with van der Waals surface area (Å²) in [6.45, 7) is 1.33. The van der Waals surface area contributed by atoms with Gasteiger partial charge in [-0.25, -0.2) is 9.80 Å². The highest BCUT2D eigenvalue weighted by molar-refractivity contribution is 6.04. The molecule has 0 radical (unpaired) electrons. The Kier molecular flexibility index (Phi) is 6.36. The predicted octanol–water partition coefficient (Wildman–Crippen LogP) is 2.17. The lowest BCUT2D eigenvalue weighted by Crippen LogP contribution is -2.36. The number of hydrogen-bond acceptors (Lipinski definition) is 8. The van der Waals surface area contributed by atoms with Gasteiger partial charge >= 0.3 is 5.69 Å². The highest BCUT2D eigenvalue weighted by atomic mass is 16.5. The van der Waals surface area contributed by atoms with Crippen LogP contribution >= 0.6 is 0 Å². The zero-order chi connectivity index (χ0) is 24.6. The molecule has 1 aromatic heterocycles. The van der Waals surface area contributed by atoms with Crippen molar-refractivity contribution >= 4 is 11.6 Å². The lowest BCUT2D eigenvalue weighted by molar-refractivity contribution is -0.130. The van der Waals surface area contributed by atoms with E-state index in [2.05, 4.69) is 10.1 Å². The van der Waals surface area contributed by atoms with Crippen molar-refractivity contribution in [2.75, 3.05) is 14.2 Å². The second-order valence-electron chi connectivity index (χ2n) is 8.52. The Hall–Kier alpha value is -3.76. The van der Waals surface area contributed by atoms with E-state index in [1.54, 1.807) is 12.1 Å². The lowest BCUT2D eigenvalue weighted by atomic mass is 9.94. The number of carbonyl (C=O) groups is 1. The van der Waals surface area contributed by atoms with Crippen molar-refractivity contribution in [3.8, 4) is 23.1 Å². The first-order valence-corrected chi connectivity index (χ1v) is 11.2. The van der Waals surface area contributed by atoms with Crippen LogP contribution in [0.4, 0.5) is 0 Å². The van der Waals surface area contributed by atoms with Gasteiger partial charge in [0.1, 0.15) is 5.56 Å². The fourth-order valence-electron chi connectivity index (χ4n) is 4.79. The molecule has 1 saturated carbocycles. The molecule has 0 bridgehead atoms. The number of hydrazone groups is 1. The summed E-state index contributed by atoms with van der Waals surface area (Å²) >= 11 is 0. The van der Waals surface area contributed by atoms with Gasteiger partial charge in [-0.15, -0.1) is 0 Å². The molecule has 34 heavy (non-hydrogen) atoms. The highest BCUT2D eigenvalue weighted by Crippen LogP contribution is 2.42. The van der Waals surface area contributed by atoms with Crippen LogP contribution in [0.25, 0.3) is 0 Å². The normalized spacial score (nSPS) is 18.6. The largest absolute Gasteiger partial charge is 0.502 e. The number of nitrogens with zero attached hydrogens (tertiary/aromatic N) is 3. The first kappa shape index (κ1) is 23.4. The smallest absolute Gasteiger partial charge is 0.331 e. The van der Waals surface area contributed by atoms with Crippen LogP contribution in [0.2, 0.25) is 0 Å². The quantitative estimate of drug-likeness (QED) is 0.604. The molecule has 11 nitrogen and oxygen atoms in total. The van der Waals surface area contributed by atoms with Gasteiger partial charge in [-0.05, 0) is 30.5 Å². The minimum absolute atomic E-state index is 0.0934. The summed E-state index contributed by atoms with van der Waals surface area (Å²) < 4.78 is 11.7. The Balaban J connectivity index is 1.79. The summed E-state index contributed by atoms with van der Waals surface area (Å²) in [5.41, 5.74) is -0.828. The van der Waals surface area contributed by atoms with Crippen LogP contribution in [0.1, 0.15) is 68.7 Å². The summed E-state index contributed by atoms with van der Waals surface area (Å²) in [6.07, 6.45) is 4.45. The number of aromatic amines is 1. The Morgan fingerprint density at radius 3 is 2.26 bits per heavy atom. The second-order valence-corrected chi connectivity index (χ2v) is 8.52. The minimum atomic E-state index is -0.765. The maximum absolute atomic E-state index is 12.8. The number of methoxy groups -OCH3 is 2. The van der Waals surface area contributed by atoms with Gasteiger partial charge in [0.2, 0.25) is 17.5 Å². The number of hydrogen-bond donors (Lipinski definition) is 3. The lowest BCUT2D eigenvalue weighted by Gasteiger charge is -2.25. The molecular weight excluding hydrogens is 444 g/mol. The monoisotopic (exact) mass is 472 g/mol. The number of phenols is 1. The third-order valence-corrected chi connectivity index (χ3v) is 6.47.